The third-order valence-corrected chi connectivity index (χ3v) is 5.59. The molecule has 6 nitrogen and oxygen atoms in total. The van der Waals surface area contributed by atoms with Crippen LogP contribution in [0.2, 0.25) is 0 Å². The molecule has 0 spiro atoms. The second-order valence-electron chi connectivity index (χ2n) is 5.63. The Morgan fingerprint density at radius 3 is 2.54 bits per heavy atom. The SMILES string of the molecule is C=CCN(CC(F)(F)F)C(=O)c1cccc(S(=O)(=O)N2CCOCC2)c1. The van der Waals surface area contributed by atoms with Gasteiger partial charge in [0.2, 0.25) is 10.0 Å². The van der Waals surface area contributed by atoms with Gasteiger partial charge in [0.05, 0.1) is 18.1 Å². The van der Waals surface area contributed by atoms with Crippen LogP contribution in [0.3, 0.4) is 0 Å². The smallest absolute Gasteiger partial charge is 0.379 e. The predicted molar refractivity (Wildman–Crippen MR) is 88.2 cm³/mol. The van der Waals surface area contributed by atoms with Gasteiger partial charge < -0.3 is 9.64 Å². The van der Waals surface area contributed by atoms with E-state index in [-0.39, 0.29) is 43.3 Å². The van der Waals surface area contributed by atoms with E-state index in [1.807, 2.05) is 0 Å². The maximum absolute atomic E-state index is 12.7. The predicted octanol–water partition coefficient (Wildman–Crippen LogP) is 1.90. The highest BCUT2D eigenvalue weighted by Crippen LogP contribution is 2.21. The number of benzene rings is 1. The minimum absolute atomic E-state index is 0.134. The summed E-state index contributed by atoms with van der Waals surface area (Å²) in [5, 5.41) is 0. The molecule has 2 rings (SSSR count). The molecule has 0 bridgehead atoms. The van der Waals surface area contributed by atoms with Crippen molar-refractivity contribution in [1.82, 2.24) is 9.21 Å². The Bertz CT molecular complexity index is 759. The summed E-state index contributed by atoms with van der Waals surface area (Å²) in [6, 6.07) is 5.02. The lowest BCUT2D eigenvalue weighted by Crippen LogP contribution is -2.41. The van der Waals surface area contributed by atoms with Gasteiger partial charge in [-0.1, -0.05) is 12.1 Å². The van der Waals surface area contributed by atoms with Crippen molar-refractivity contribution >= 4 is 15.9 Å². The molecule has 0 unspecified atom stereocenters. The van der Waals surface area contributed by atoms with Crippen LogP contribution in [0.1, 0.15) is 10.4 Å². The van der Waals surface area contributed by atoms with Gasteiger partial charge in [0.15, 0.2) is 0 Å². The van der Waals surface area contributed by atoms with E-state index >= 15 is 0 Å². The molecule has 1 aliphatic heterocycles. The number of rotatable bonds is 6. The molecule has 0 N–H and O–H groups in total. The molecule has 26 heavy (non-hydrogen) atoms. The van der Waals surface area contributed by atoms with E-state index in [2.05, 4.69) is 6.58 Å². The second kappa shape index (κ2) is 8.19. The van der Waals surface area contributed by atoms with E-state index in [0.717, 1.165) is 6.07 Å². The fraction of sp³-hybridized carbons (Fsp3) is 0.438. The van der Waals surface area contributed by atoms with E-state index in [1.54, 1.807) is 0 Å². The number of halogens is 3. The maximum Gasteiger partial charge on any atom is 0.406 e. The van der Waals surface area contributed by atoms with Crippen LogP contribution >= 0.6 is 0 Å². The Morgan fingerprint density at radius 1 is 1.31 bits per heavy atom. The van der Waals surface area contributed by atoms with Crippen molar-refractivity contribution in [2.45, 2.75) is 11.1 Å². The van der Waals surface area contributed by atoms with Crippen LogP contribution in [0.25, 0.3) is 0 Å². The average Bonchev–Trinajstić information content (AvgIpc) is 2.60. The fourth-order valence-corrected chi connectivity index (χ4v) is 3.95. The molecule has 1 aromatic carbocycles. The summed E-state index contributed by atoms with van der Waals surface area (Å²) in [5.74, 6) is -0.916. The minimum Gasteiger partial charge on any atom is -0.379 e. The van der Waals surface area contributed by atoms with Gasteiger partial charge in [0.25, 0.3) is 5.91 Å². The zero-order valence-corrected chi connectivity index (χ0v) is 14.7. The number of ether oxygens (including phenoxy) is 1. The largest absolute Gasteiger partial charge is 0.406 e. The van der Waals surface area contributed by atoms with E-state index < -0.39 is 28.7 Å². The topological polar surface area (TPSA) is 66.9 Å². The molecule has 1 fully saturated rings. The molecule has 0 atom stereocenters. The van der Waals surface area contributed by atoms with Gasteiger partial charge in [-0.2, -0.15) is 17.5 Å². The van der Waals surface area contributed by atoms with Gasteiger partial charge in [0.1, 0.15) is 6.54 Å². The van der Waals surface area contributed by atoms with Crippen molar-refractivity contribution in [3.63, 3.8) is 0 Å². The number of hydrogen-bond acceptors (Lipinski definition) is 4. The zero-order chi connectivity index (χ0) is 19.4. The van der Waals surface area contributed by atoms with E-state index in [9.17, 15) is 26.4 Å². The van der Waals surface area contributed by atoms with E-state index in [4.69, 9.17) is 4.74 Å². The third kappa shape index (κ3) is 5.05. The van der Waals surface area contributed by atoms with Gasteiger partial charge in [-0.05, 0) is 18.2 Å². The Hall–Kier alpha value is -1.91. The lowest BCUT2D eigenvalue weighted by Gasteiger charge is -2.26. The zero-order valence-electron chi connectivity index (χ0n) is 13.9. The first kappa shape index (κ1) is 20.4. The summed E-state index contributed by atoms with van der Waals surface area (Å²) in [6.45, 7) is 2.47. The molecule has 1 amide bonds. The van der Waals surface area contributed by atoms with Crippen molar-refractivity contribution in [3.8, 4) is 0 Å². The lowest BCUT2D eigenvalue weighted by atomic mass is 10.2. The van der Waals surface area contributed by atoms with Crippen LogP contribution < -0.4 is 0 Å². The van der Waals surface area contributed by atoms with Gasteiger partial charge >= 0.3 is 6.18 Å². The second-order valence-corrected chi connectivity index (χ2v) is 7.57. The van der Waals surface area contributed by atoms with Crippen molar-refractivity contribution in [2.24, 2.45) is 0 Å². The van der Waals surface area contributed by atoms with E-state index in [1.165, 1.54) is 28.6 Å². The molecule has 1 saturated heterocycles. The van der Waals surface area contributed by atoms with Crippen molar-refractivity contribution in [2.75, 3.05) is 39.4 Å². The Morgan fingerprint density at radius 2 is 1.96 bits per heavy atom. The molecule has 0 aliphatic carbocycles. The highest BCUT2D eigenvalue weighted by molar-refractivity contribution is 7.89. The molecule has 144 valence electrons. The molecule has 0 saturated carbocycles. The van der Waals surface area contributed by atoms with Crippen LogP contribution in [-0.4, -0.2) is 69.1 Å². The van der Waals surface area contributed by atoms with Crippen LogP contribution in [-0.2, 0) is 14.8 Å². The third-order valence-electron chi connectivity index (χ3n) is 3.70. The first-order valence-corrected chi connectivity index (χ1v) is 9.24. The summed E-state index contributed by atoms with van der Waals surface area (Å²) in [4.78, 5) is 12.8. The summed E-state index contributed by atoms with van der Waals surface area (Å²) in [7, 11) is -3.85. The molecular weight excluding hydrogens is 373 g/mol. The molecule has 0 aromatic heterocycles. The Labute approximate surface area is 149 Å². The minimum atomic E-state index is -4.57. The molecule has 10 heteroatoms. The summed E-state index contributed by atoms with van der Waals surface area (Å²) < 4.78 is 69.6. The number of morpholine rings is 1. The van der Waals surface area contributed by atoms with E-state index in [0.29, 0.717) is 4.90 Å². The highest BCUT2D eigenvalue weighted by Gasteiger charge is 2.33. The summed E-state index contributed by atoms with van der Waals surface area (Å²) in [6.07, 6.45) is -3.39. The molecule has 1 aliphatic rings. The molecule has 0 radical (unpaired) electrons. The first-order valence-electron chi connectivity index (χ1n) is 7.80. The highest BCUT2D eigenvalue weighted by atomic mass is 32.2. The molecule has 1 heterocycles. The molecule has 1 aromatic rings. The van der Waals surface area contributed by atoms with Crippen LogP contribution in [0.15, 0.2) is 41.8 Å². The Kier molecular flexibility index (Phi) is 6.43. The van der Waals surface area contributed by atoms with Crippen LogP contribution in [0.5, 0.6) is 0 Å². The number of alkyl halides is 3. The van der Waals surface area contributed by atoms with Crippen molar-refractivity contribution in [1.29, 1.82) is 0 Å². The van der Waals surface area contributed by atoms with Crippen molar-refractivity contribution in [3.05, 3.63) is 42.5 Å². The number of sulfonamides is 1. The number of carbonyl (C=O) groups excluding carboxylic acids is 1. The number of nitrogens with zero attached hydrogens (tertiary/aromatic N) is 2. The lowest BCUT2D eigenvalue weighted by molar-refractivity contribution is -0.139. The average molecular weight is 392 g/mol. The van der Waals surface area contributed by atoms with Crippen LogP contribution in [0.4, 0.5) is 13.2 Å². The standard InChI is InChI=1S/C16H19F3N2O4S/c1-2-6-20(12-16(17,18)19)15(22)13-4-3-5-14(11-13)26(23,24)21-7-9-25-10-8-21/h2-5,11H,1,6-10,12H2. The Balaban J connectivity index is 2.29. The summed E-state index contributed by atoms with van der Waals surface area (Å²) in [5.41, 5.74) is -0.134. The van der Waals surface area contributed by atoms with Crippen LogP contribution in [0, 0.1) is 0 Å². The van der Waals surface area contributed by atoms with Gasteiger partial charge in [-0.3, -0.25) is 4.79 Å². The first-order chi connectivity index (χ1) is 12.1. The number of amides is 1. The monoisotopic (exact) mass is 392 g/mol. The summed E-state index contributed by atoms with van der Waals surface area (Å²) >= 11 is 0. The molecular formula is C16H19F3N2O4S. The number of carbonyl (C=O) groups is 1. The van der Waals surface area contributed by atoms with Gasteiger partial charge in [-0.15, -0.1) is 6.58 Å². The normalized spacial score (nSPS) is 16.3. The number of hydrogen-bond donors (Lipinski definition) is 0. The van der Waals surface area contributed by atoms with Gasteiger partial charge in [-0.25, -0.2) is 8.42 Å². The van der Waals surface area contributed by atoms with Crippen molar-refractivity contribution < 1.29 is 31.1 Å². The van der Waals surface area contributed by atoms with Gasteiger partial charge in [0, 0.05) is 25.2 Å². The quantitative estimate of drug-likeness (QED) is 0.694. The maximum atomic E-state index is 12.7. The fourth-order valence-electron chi connectivity index (χ4n) is 2.50.